The molecule has 1 aromatic heterocycles. The normalized spacial score (nSPS) is 12.2. The van der Waals surface area contributed by atoms with E-state index in [0.717, 1.165) is 24.5 Å². The van der Waals surface area contributed by atoms with Gasteiger partial charge in [0.25, 0.3) is 0 Å². The number of thiazole rings is 1. The zero-order valence-corrected chi connectivity index (χ0v) is 12.9. The Labute approximate surface area is 123 Å². The number of methoxy groups -OCH3 is 2. The fourth-order valence-electron chi connectivity index (χ4n) is 2.17. The minimum Gasteiger partial charge on any atom is -0.493 e. The highest BCUT2D eigenvalue weighted by Gasteiger charge is 2.14. The summed E-state index contributed by atoms with van der Waals surface area (Å²) in [6.07, 6.45) is 2.85. The molecule has 20 heavy (non-hydrogen) atoms. The molecule has 0 bridgehead atoms. The third kappa shape index (κ3) is 3.49. The lowest BCUT2D eigenvalue weighted by Gasteiger charge is -2.19. The van der Waals surface area contributed by atoms with Gasteiger partial charge in [0.05, 0.1) is 19.7 Å². The van der Waals surface area contributed by atoms with Crippen LogP contribution >= 0.6 is 11.3 Å². The van der Waals surface area contributed by atoms with Gasteiger partial charge in [-0.05, 0) is 24.2 Å². The maximum Gasteiger partial charge on any atom is 0.161 e. The topological polar surface area (TPSA) is 43.4 Å². The van der Waals surface area contributed by atoms with Crippen molar-refractivity contribution in [3.63, 3.8) is 0 Å². The molecule has 2 rings (SSSR count). The van der Waals surface area contributed by atoms with Gasteiger partial charge in [0.1, 0.15) is 0 Å². The van der Waals surface area contributed by atoms with Gasteiger partial charge >= 0.3 is 0 Å². The van der Waals surface area contributed by atoms with Crippen LogP contribution in [0.1, 0.15) is 23.4 Å². The van der Waals surface area contributed by atoms with Gasteiger partial charge in [-0.15, -0.1) is 11.3 Å². The number of nitrogens with one attached hydrogen (secondary N) is 1. The standard InChI is InChI=1S/C15H20N2O2S/c1-4-17-13(8-12-9-16-10-20-12)11-5-6-14(18-2)15(7-11)19-3/h5-7,9-10,13,17H,4,8H2,1-3H3. The summed E-state index contributed by atoms with van der Waals surface area (Å²) in [5.74, 6) is 1.52. The number of hydrogen-bond donors (Lipinski definition) is 1. The second-order valence-corrected chi connectivity index (χ2v) is 5.37. The van der Waals surface area contributed by atoms with E-state index in [1.807, 2.05) is 23.8 Å². The van der Waals surface area contributed by atoms with Crippen molar-refractivity contribution in [2.45, 2.75) is 19.4 Å². The van der Waals surface area contributed by atoms with Crippen LogP contribution in [0.25, 0.3) is 0 Å². The molecule has 108 valence electrons. The van der Waals surface area contributed by atoms with Gasteiger partial charge in [-0.3, -0.25) is 4.98 Å². The highest BCUT2D eigenvalue weighted by molar-refractivity contribution is 7.09. The zero-order chi connectivity index (χ0) is 14.4. The Kier molecular flexibility index (Phi) is 5.38. The fraction of sp³-hybridized carbons (Fsp3) is 0.400. The number of benzene rings is 1. The van der Waals surface area contributed by atoms with Gasteiger partial charge in [-0.1, -0.05) is 13.0 Å². The van der Waals surface area contributed by atoms with Crippen molar-refractivity contribution in [1.29, 1.82) is 0 Å². The largest absolute Gasteiger partial charge is 0.493 e. The average molecular weight is 292 g/mol. The molecular weight excluding hydrogens is 272 g/mol. The van der Waals surface area contributed by atoms with Crippen LogP contribution in [-0.2, 0) is 6.42 Å². The molecule has 1 aromatic carbocycles. The summed E-state index contributed by atoms with van der Waals surface area (Å²) >= 11 is 1.68. The highest BCUT2D eigenvalue weighted by atomic mass is 32.1. The van der Waals surface area contributed by atoms with Crippen molar-refractivity contribution in [3.8, 4) is 11.5 Å². The third-order valence-corrected chi connectivity index (χ3v) is 3.95. The second kappa shape index (κ2) is 7.26. The van der Waals surface area contributed by atoms with E-state index in [1.165, 1.54) is 10.4 Å². The Hall–Kier alpha value is -1.59. The van der Waals surface area contributed by atoms with Gasteiger partial charge in [-0.2, -0.15) is 0 Å². The van der Waals surface area contributed by atoms with E-state index in [0.29, 0.717) is 0 Å². The number of aromatic nitrogens is 1. The van der Waals surface area contributed by atoms with E-state index in [-0.39, 0.29) is 6.04 Å². The van der Waals surface area contributed by atoms with Crippen LogP contribution in [0, 0.1) is 0 Å². The van der Waals surface area contributed by atoms with Crippen LogP contribution < -0.4 is 14.8 Å². The average Bonchev–Trinajstić information content (AvgIpc) is 2.99. The van der Waals surface area contributed by atoms with Gasteiger partial charge in [0.15, 0.2) is 11.5 Å². The molecular formula is C15H20N2O2S. The first-order chi connectivity index (χ1) is 9.78. The molecule has 2 aromatic rings. The third-order valence-electron chi connectivity index (χ3n) is 3.15. The fourth-order valence-corrected chi connectivity index (χ4v) is 2.81. The summed E-state index contributed by atoms with van der Waals surface area (Å²) in [5, 5.41) is 3.51. The molecule has 0 radical (unpaired) electrons. The van der Waals surface area contributed by atoms with E-state index in [9.17, 15) is 0 Å². The Morgan fingerprint density at radius 3 is 2.65 bits per heavy atom. The summed E-state index contributed by atoms with van der Waals surface area (Å²) in [7, 11) is 3.31. The van der Waals surface area contributed by atoms with Gasteiger partial charge in [0, 0.05) is 23.5 Å². The number of rotatable bonds is 7. The van der Waals surface area contributed by atoms with Crippen molar-refractivity contribution in [3.05, 3.63) is 40.3 Å². The predicted octanol–water partition coefficient (Wildman–Crippen LogP) is 3.05. The molecule has 0 aliphatic heterocycles. The van der Waals surface area contributed by atoms with E-state index in [2.05, 4.69) is 23.3 Å². The molecule has 4 nitrogen and oxygen atoms in total. The minimum atomic E-state index is 0.250. The Balaban J connectivity index is 2.24. The van der Waals surface area contributed by atoms with Crippen molar-refractivity contribution < 1.29 is 9.47 Å². The predicted molar refractivity (Wildman–Crippen MR) is 81.8 cm³/mol. The molecule has 1 N–H and O–H groups in total. The number of ether oxygens (including phenoxy) is 2. The first-order valence-electron chi connectivity index (χ1n) is 6.61. The molecule has 0 saturated carbocycles. The van der Waals surface area contributed by atoms with E-state index >= 15 is 0 Å². The molecule has 0 aliphatic rings. The molecule has 1 heterocycles. The Morgan fingerprint density at radius 1 is 1.25 bits per heavy atom. The molecule has 0 saturated heterocycles. The maximum absolute atomic E-state index is 5.38. The lowest BCUT2D eigenvalue weighted by atomic mass is 10.0. The summed E-state index contributed by atoms with van der Waals surface area (Å²) in [6.45, 7) is 3.03. The summed E-state index contributed by atoms with van der Waals surface area (Å²) in [6, 6.07) is 6.31. The van der Waals surface area contributed by atoms with Crippen LogP contribution in [-0.4, -0.2) is 25.7 Å². The Bertz CT molecular complexity index is 529. The zero-order valence-electron chi connectivity index (χ0n) is 12.1. The minimum absolute atomic E-state index is 0.250. The first-order valence-corrected chi connectivity index (χ1v) is 7.49. The lowest BCUT2D eigenvalue weighted by Crippen LogP contribution is -2.22. The molecule has 0 aliphatic carbocycles. The van der Waals surface area contributed by atoms with Gasteiger partial charge < -0.3 is 14.8 Å². The van der Waals surface area contributed by atoms with Crippen LogP contribution in [0.15, 0.2) is 29.9 Å². The van der Waals surface area contributed by atoms with Crippen LogP contribution in [0.5, 0.6) is 11.5 Å². The number of nitrogens with zero attached hydrogens (tertiary/aromatic N) is 1. The molecule has 0 fully saturated rings. The number of hydrogen-bond acceptors (Lipinski definition) is 5. The summed E-state index contributed by atoms with van der Waals surface area (Å²) in [5.41, 5.74) is 3.06. The van der Waals surface area contributed by atoms with E-state index in [1.54, 1.807) is 25.6 Å². The van der Waals surface area contributed by atoms with Gasteiger partial charge in [0.2, 0.25) is 0 Å². The van der Waals surface area contributed by atoms with Gasteiger partial charge in [-0.25, -0.2) is 0 Å². The molecule has 0 amide bonds. The monoisotopic (exact) mass is 292 g/mol. The quantitative estimate of drug-likeness (QED) is 0.852. The maximum atomic E-state index is 5.38. The Morgan fingerprint density at radius 2 is 2.05 bits per heavy atom. The van der Waals surface area contributed by atoms with Crippen molar-refractivity contribution in [2.75, 3.05) is 20.8 Å². The van der Waals surface area contributed by atoms with Crippen molar-refractivity contribution >= 4 is 11.3 Å². The highest BCUT2D eigenvalue weighted by Crippen LogP contribution is 2.31. The molecule has 1 unspecified atom stereocenters. The summed E-state index contributed by atoms with van der Waals surface area (Å²) in [4.78, 5) is 5.41. The van der Waals surface area contributed by atoms with Crippen molar-refractivity contribution in [1.82, 2.24) is 10.3 Å². The van der Waals surface area contributed by atoms with Crippen LogP contribution in [0.3, 0.4) is 0 Å². The van der Waals surface area contributed by atoms with E-state index < -0.39 is 0 Å². The number of likely N-dealkylation sites (N-methyl/N-ethyl adjacent to an activating group) is 1. The molecule has 0 spiro atoms. The first kappa shape index (κ1) is 14.8. The smallest absolute Gasteiger partial charge is 0.161 e. The van der Waals surface area contributed by atoms with E-state index in [4.69, 9.17) is 9.47 Å². The molecule has 1 atom stereocenters. The lowest BCUT2D eigenvalue weighted by molar-refractivity contribution is 0.354. The van der Waals surface area contributed by atoms with Crippen LogP contribution in [0.2, 0.25) is 0 Å². The second-order valence-electron chi connectivity index (χ2n) is 4.40. The molecule has 5 heteroatoms. The summed E-state index contributed by atoms with van der Waals surface area (Å²) < 4.78 is 10.7. The SMILES string of the molecule is CCNC(Cc1cncs1)c1ccc(OC)c(OC)c1. The van der Waals surface area contributed by atoms with Crippen molar-refractivity contribution in [2.24, 2.45) is 0 Å². The van der Waals surface area contributed by atoms with Crippen LogP contribution in [0.4, 0.5) is 0 Å².